The van der Waals surface area contributed by atoms with Gasteiger partial charge in [-0.1, -0.05) is 30.3 Å². The molecular formula is C21H29N5O. The van der Waals surface area contributed by atoms with Crippen LogP contribution in [-0.2, 0) is 11.2 Å². The van der Waals surface area contributed by atoms with Gasteiger partial charge in [0.25, 0.3) is 0 Å². The van der Waals surface area contributed by atoms with E-state index in [9.17, 15) is 4.79 Å². The Morgan fingerprint density at radius 2 is 1.89 bits per heavy atom. The van der Waals surface area contributed by atoms with Crippen molar-refractivity contribution >= 4 is 17.7 Å². The van der Waals surface area contributed by atoms with Crippen molar-refractivity contribution in [3.8, 4) is 0 Å². The molecule has 2 N–H and O–H groups in total. The standard InChI is InChI=1S/C21H29N5O/c1-17-16-19(26-14-5-6-15-26)25-21(24-17)23-13-12-22-20(27)11-7-10-18-8-3-2-4-9-18/h2-4,8-9,16H,5-7,10-15H2,1H3,(H,22,27)(H,23,24,25). The molecule has 0 saturated carbocycles. The first-order chi connectivity index (χ1) is 13.2. The molecule has 1 fully saturated rings. The summed E-state index contributed by atoms with van der Waals surface area (Å²) in [7, 11) is 0. The van der Waals surface area contributed by atoms with Crippen LogP contribution in [-0.4, -0.2) is 42.1 Å². The average Bonchev–Trinajstić information content (AvgIpc) is 3.21. The summed E-state index contributed by atoms with van der Waals surface area (Å²) in [6.07, 6.45) is 4.80. The largest absolute Gasteiger partial charge is 0.356 e. The zero-order valence-electron chi connectivity index (χ0n) is 16.1. The molecule has 1 aromatic carbocycles. The van der Waals surface area contributed by atoms with E-state index in [2.05, 4.69) is 37.6 Å². The van der Waals surface area contributed by atoms with Gasteiger partial charge < -0.3 is 15.5 Å². The molecule has 3 rings (SSSR count). The van der Waals surface area contributed by atoms with Crippen LogP contribution in [0.4, 0.5) is 11.8 Å². The first-order valence-electron chi connectivity index (χ1n) is 9.86. The first kappa shape index (κ1) is 19.1. The summed E-state index contributed by atoms with van der Waals surface area (Å²) in [6, 6.07) is 12.3. The Kier molecular flexibility index (Phi) is 7.02. The van der Waals surface area contributed by atoms with E-state index < -0.39 is 0 Å². The number of hydrogen-bond donors (Lipinski definition) is 2. The molecule has 2 heterocycles. The number of hydrogen-bond acceptors (Lipinski definition) is 5. The molecule has 2 aromatic rings. The number of nitrogens with zero attached hydrogens (tertiary/aromatic N) is 3. The minimum Gasteiger partial charge on any atom is -0.356 e. The highest BCUT2D eigenvalue weighted by Crippen LogP contribution is 2.19. The fraction of sp³-hybridized carbons (Fsp3) is 0.476. The number of anilines is 2. The van der Waals surface area contributed by atoms with Gasteiger partial charge in [0.1, 0.15) is 5.82 Å². The number of aromatic nitrogens is 2. The third-order valence-electron chi connectivity index (χ3n) is 4.71. The van der Waals surface area contributed by atoms with Crippen LogP contribution in [0.2, 0.25) is 0 Å². The summed E-state index contributed by atoms with van der Waals surface area (Å²) in [6.45, 7) is 5.30. The van der Waals surface area contributed by atoms with Crippen LogP contribution in [0.5, 0.6) is 0 Å². The van der Waals surface area contributed by atoms with Crippen LogP contribution in [0, 0.1) is 6.92 Å². The molecule has 0 radical (unpaired) electrons. The number of aryl methyl sites for hydroxylation is 2. The summed E-state index contributed by atoms with van der Waals surface area (Å²) < 4.78 is 0. The van der Waals surface area contributed by atoms with Crippen molar-refractivity contribution in [1.29, 1.82) is 0 Å². The van der Waals surface area contributed by atoms with Gasteiger partial charge in [-0.2, -0.15) is 4.98 Å². The van der Waals surface area contributed by atoms with Gasteiger partial charge in [-0.15, -0.1) is 0 Å². The summed E-state index contributed by atoms with van der Waals surface area (Å²) in [4.78, 5) is 23.3. The molecule has 0 atom stereocenters. The Bertz CT molecular complexity index is 729. The SMILES string of the molecule is Cc1cc(N2CCCC2)nc(NCCNC(=O)CCCc2ccccc2)n1. The van der Waals surface area contributed by atoms with Gasteiger partial charge in [0, 0.05) is 44.4 Å². The van der Waals surface area contributed by atoms with Crippen LogP contribution in [0.3, 0.4) is 0 Å². The second-order valence-corrected chi connectivity index (χ2v) is 7.00. The third-order valence-corrected chi connectivity index (χ3v) is 4.71. The number of carbonyl (C=O) groups excluding carboxylic acids is 1. The maximum atomic E-state index is 11.9. The molecule has 0 spiro atoms. The molecule has 1 saturated heterocycles. The highest BCUT2D eigenvalue weighted by Gasteiger charge is 2.15. The molecule has 1 aromatic heterocycles. The predicted octanol–water partition coefficient (Wildman–Crippen LogP) is 2.94. The molecular weight excluding hydrogens is 338 g/mol. The average molecular weight is 367 g/mol. The van der Waals surface area contributed by atoms with E-state index >= 15 is 0 Å². The normalized spacial score (nSPS) is 13.6. The highest BCUT2D eigenvalue weighted by molar-refractivity contribution is 5.75. The zero-order chi connectivity index (χ0) is 18.9. The summed E-state index contributed by atoms with van der Waals surface area (Å²) in [5.74, 6) is 1.72. The molecule has 1 aliphatic rings. The van der Waals surface area contributed by atoms with Crippen molar-refractivity contribution in [2.24, 2.45) is 0 Å². The molecule has 6 nitrogen and oxygen atoms in total. The van der Waals surface area contributed by atoms with E-state index in [1.54, 1.807) is 0 Å². The van der Waals surface area contributed by atoms with Gasteiger partial charge in [-0.25, -0.2) is 4.98 Å². The molecule has 144 valence electrons. The van der Waals surface area contributed by atoms with E-state index in [0.29, 0.717) is 25.5 Å². The highest BCUT2D eigenvalue weighted by atomic mass is 16.1. The maximum Gasteiger partial charge on any atom is 0.224 e. The molecule has 0 aliphatic carbocycles. The second-order valence-electron chi connectivity index (χ2n) is 7.00. The zero-order valence-corrected chi connectivity index (χ0v) is 16.1. The van der Waals surface area contributed by atoms with Crippen molar-refractivity contribution in [2.75, 3.05) is 36.4 Å². The Labute approximate surface area is 161 Å². The molecule has 27 heavy (non-hydrogen) atoms. The van der Waals surface area contributed by atoms with Crippen LogP contribution in [0.1, 0.15) is 36.9 Å². The van der Waals surface area contributed by atoms with Gasteiger partial charge in [0.15, 0.2) is 0 Å². The van der Waals surface area contributed by atoms with Gasteiger partial charge in [0.05, 0.1) is 0 Å². The second kappa shape index (κ2) is 9.90. The lowest BCUT2D eigenvalue weighted by Gasteiger charge is -2.17. The lowest BCUT2D eigenvalue weighted by atomic mass is 10.1. The smallest absolute Gasteiger partial charge is 0.224 e. The van der Waals surface area contributed by atoms with Crippen LogP contribution >= 0.6 is 0 Å². The fourth-order valence-corrected chi connectivity index (χ4v) is 3.30. The van der Waals surface area contributed by atoms with E-state index in [0.717, 1.165) is 37.4 Å². The van der Waals surface area contributed by atoms with Gasteiger partial charge >= 0.3 is 0 Å². The fourth-order valence-electron chi connectivity index (χ4n) is 3.30. The molecule has 0 unspecified atom stereocenters. The number of carbonyl (C=O) groups is 1. The lowest BCUT2D eigenvalue weighted by molar-refractivity contribution is -0.121. The quantitative estimate of drug-likeness (QED) is 0.667. The number of benzene rings is 1. The molecule has 6 heteroatoms. The van der Waals surface area contributed by atoms with Crippen molar-refractivity contribution in [3.63, 3.8) is 0 Å². The van der Waals surface area contributed by atoms with Crippen molar-refractivity contribution in [2.45, 2.75) is 39.0 Å². The number of nitrogens with one attached hydrogen (secondary N) is 2. The van der Waals surface area contributed by atoms with Crippen LogP contribution < -0.4 is 15.5 Å². The van der Waals surface area contributed by atoms with Gasteiger partial charge in [0.2, 0.25) is 11.9 Å². The molecule has 1 amide bonds. The molecule has 1 aliphatic heterocycles. The van der Waals surface area contributed by atoms with E-state index in [1.807, 2.05) is 31.2 Å². The van der Waals surface area contributed by atoms with Gasteiger partial charge in [-0.05, 0) is 38.2 Å². The van der Waals surface area contributed by atoms with E-state index in [4.69, 9.17) is 0 Å². The van der Waals surface area contributed by atoms with Crippen molar-refractivity contribution < 1.29 is 4.79 Å². The lowest BCUT2D eigenvalue weighted by Crippen LogP contribution is -2.29. The third kappa shape index (κ3) is 6.24. The maximum absolute atomic E-state index is 11.9. The summed E-state index contributed by atoms with van der Waals surface area (Å²) >= 11 is 0. The minimum atomic E-state index is 0.0932. The van der Waals surface area contributed by atoms with Crippen molar-refractivity contribution in [1.82, 2.24) is 15.3 Å². The monoisotopic (exact) mass is 367 g/mol. The van der Waals surface area contributed by atoms with Crippen LogP contribution in [0.15, 0.2) is 36.4 Å². The number of rotatable bonds is 9. The number of amides is 1. The molecule has 0 bridgehead atoms. The van der Waals surface area contributed by atoms with Gasteiger partial charge in [-0.3, -0.25) is 4.79 Å². The van der Waals surface area contributed by atoms with E-state index in [-0.39, 0.29) is 5.91 Å². The Balaban J connectivity index is 1.35. The topological polar surface area (TPSA) is 70.2 Å². The first-order valence-corrected chi connectivity index (χ1v) is 9.86. The Hall–Kier alpha value is -2.63. The van der Waals surface area contributed by atoms with Crippen LogP contribution in [0.25, 0.3) is 0 Å². The summed E-state index contributed by atoms with van der Waals surface area (Å²) in [5, 5.41) is 6.18. The van der Waals surface area contributed by atoms with E-state index in [1.165, 1.54) is 18.4 Å². The summed E-state index contributed by atoms with van der Waals surface area (Å²) in [5.41, 5.74) is 2.23. The minimum absolute atomic E-state index is 0.0932. The Morgan fingerprint density at radius 3 is 2.67 bits per heavy atom. The Morgan fingerprint density at radius 1 is 1.11 bits per heavy atom. The van der Waals surface area contributed by atoms with Crippen molar-refractivity contribution in [3.05, 3.63) is 47.7 Å². The predicted molar refractivity (Wildman–Crippen MR) is 109 cm³/mol.